The molecule has 0 fully saturated rings. The zero-order valence-corrected chi connectivity index (χ0v) is 9.71. The summed E-state index contributed by atoms with van der Waals surface area (Å²) < 4.78 is 50.8. The lowest BCUT2D eigenvalue weighted by atomic mass is 10.1. The predicted octanol–water partition coefficient (Wildman–Crippen LogP) is 3.85. The highest BCUT2D eigenvalue weighted by Crippen LogP contribution is 2.29. The van der Waals surface area contributed by atoms with Crippen LogP contribution in [0.1, 0.15) is 11.1 Å². The van der Waals surface area contributed by atoms with Gasteiger partial charge in [0, 0.05) is 12.7 Å². The Balaban J connectivity index is 2.10. The fraction of sp³-hybridized carbons (Fsp3) is 0.154. The van der Waals surface area contributed by atoms with Gasteiger partial charge in [-0.25, -0.2) is 9.37 Å². The van der Waals surface area contributed by atoms with Crippen molar-refractivity contribution in [3.8, 4) is 0 Å². The zero-order valence-electron chi connectivity index (χ0n) is 9.71. The van der Waals surface area contributed by atoms with Gasteiger partial charge in [0.1, 0.15) is 0 Å². The van der Waals surface area contributed by atoms with Gasteiger partial charge in [-0.2, -0.15) is 13.2 Å². The molecule has 1 aromatic carbocycles. The van der Waals surface area contributed by atoms with Gasteiger partial charge in [0.15, 0.2) is 11.6 Å². The van der Waals surface area contributed by atoms with Crippen LogP contribution in [0.25, 0.3) is 0 Å². The van der Waals surface area contributed by atoms with Crippen molar-refractivity contribution in [1.82, 2.24) is 4.98 Å². The maximum atomic E-state index is 13.3. The van der Waals surface area contributed by atoms with Crippen LogP contribution in [0.5, 0.6) is 0 Å². The van der Waals surface area contributed by atoms with Crippen LogP contribution < -0.4 is 5.32 Å². The summed E-state index contributed by atoms with van der Waals surface area (Å²) in [7, 11) is 0. The number of benzene rings is 1. The standard InChI is InChI=1S/C13H10F4N2/c14-11-5-2-6-18-12(11)19-8-9-3-1-4-10(7-9)13(15,16)17/h1-7H,8H2,(H,18,19). The molecule has 0 unspecified atom stereocenters. The molecule has 1 aromatic heterocycles. The van der Waals surface area contributed by atoms with E-state index in [1.54, 1.807) is 0 Å². The van der Waals surface area contributed by atoms with Crippen LogP contribution in [-0.4, -0.2) is 4.98 Å². The topological polar surface area (TPSA) is 24.9 Å². The van der Waals surface area contributed by atoms with Crippen LogP contribution in [0.4, 0.5) is 23.4 Å². The minimum absolute atomic E-state index is 0.0138. The summed E-state index contributed by atoms with van der Waals surface area (Å²) in [4.78, 5) is 3.76. The molecule has 0 aliphatic heterocycles. The van der Waals surface area contributed by atoms with Crippen LogP contribution in [0.3, 0.4) is 0 Å². The SMILES string of the molecule is Fc1cccnc1NCc1cccc(C(F)(F)F)c1. The number of pyridine rings is 1. The van der Waals surface area contributed by atoms with Crippen LogP contribution in [0.15, 0.2) is 42.6 Å². The number of alkyl halides is 3. The van der Waals surface area contributed by atoms with E-state index in [2.05, 4.69) is 10.3 Å². The summed E-state index contributed by atoms with van der Waals surface area (Å²) in [5.74, 6) is -0.533. The third-order valence-corrected chi connectivity index (χ3v) is 2.47. The molecule has 0 amide bonds. The van der Waals surface area contributed by atoms with Crippen molar-refractivity contribution in [2.45, 2.75) is 12.7 Å². The van der Waals surface area contributed by atoms with Gasteiger partial charge in [0.05, 0.1) is 5.56 Å². The predicted molar refractivity (Wildman–Crippen MR) is 63.0 cm³/mol. The first-order chi connectivity index (χ1) is 8.97. The van der Waals surface area contributed by atoms with Crippen molar-refractivity contribution in [2.24, 2.45) is 0 Å². The van der Waals surface area contributed by atoms with Gasteiger partial charge in [-0.1, -0.05) is 12.1 Å². The van der Waals surface area contributed by atoms with Gasteiger partial charge in [-0.15, -0.1) is 0 Å². The van der Waals surface area contributed by atoms with E-state index >= 15 is 0 Å². The largest absolute Gasteiger partial charge is 0.416 e. The van der Waals surface area contributed by atoms with Crippen LogP contribution in [-0.2, 0) is 12.7 Å². The summed E-state index contributed by atoms with van der Waals surface area (Å²) in [6, 6.07) is 7.52. The number of rotatable bonds is 3. The third-order valence-electron chi connectivity index (χ3n) is 2.47. The van der Waals surface area contributed by atoms with Crippen molar-refractivity contribution < 1.29 is 17.6 Å². The molecule has 0 bridgehead atoms. The minimum atomic E-state index is -4.38. The second kappa shape index (κ2) is 5.26. The second-order valence-electron chi connectivity index (χ2n) is 3.89. The van der Waals surface area contributed by atoms with Crippen molar-refractivity contribution >= 4 is 5.82 Å². The Kier molecular flexibility index (Phi) is 3.69. The molecule has 0 aliphatic carbocycles. The van der Waals surface area contributed by atoms with Crippen LogP contribution >= 0.6 is 0 Å². The Morgan fingerprint density at radius 2 is 1.89 bits per heavy atom. The Hall–Kier alpha value is -2.11. The summed E-state index contributed by atoms with van der Waals surface area (Å²) in [6.45, 7) is 0.0673. The lowest BCUT2D eigenvalue weighted by Crippen LogP contribution is -2.07. The first-order valence-electron chi connectivity index (χ1n) is 5.47. The smallest absolute Gasteiger partial charge is 0.364 e. The van der Waals surface area contributed by atoms with E-state index in [9.17, 15) is 17.6 Å². The molecule has 0 aliphatic rings. The number of aromatic nitrogens is 1. The lowest BCUT2D eigenvalue weighted by molar-refractivity contribution is -0.137. The average molecular weight is 270 g/mol. The molecule has 1 N–H and O–H groups in total. The van der Waals surface area contributed by atoms with E-state index in [0.29, 0.717) is 5.56 Å². The van der Waals surface area contributed by atoms with Crippen LogP contribution in [0.2, 0.25) is 0 Å². The van der Waals surface area contributed by atoms with Crippen LogP contribution in [0, 0.1) is 5.82 Å². The number of hydrogen-bond donors (Lipinski definition) is 1. The maximum Gasteiger partial charge on any atom is 0.416 e. The summed E-state index contributed by atoms with van der Waals surface area (Å²) in [5, 5.41) is 2.65. The van der Waals surface area contributed by atoms with Gasteiger partial charge < -0.3 is 5.32 Å². The first-order valence-corrected chi connectivity index (χ1v) is 5.47. The molecule has 0 radical (unpaired) electrons. The number of anilines is 1. The number of nitrogens with zero attached hydrogens (tertiary/aromatic N) is 1. The molecule has 6 heteroatoms. The fourth-order valence-electron chi connectivity index (χ4n) is 1.56. The van der Waals surface area contributed by atoms with E-state index in [4.69, 9.17) is 0 Å². The highest BCUT2D eigenvalue weighted by atomic mass is 19.4. The van der Waals surface area contributed by atoms with Crippen molar-refractivity contribution in [3.05, 3.63) is 59.5 Å². The third kappa shape index (κ3) is 3.43. The molecular formula is C13H10F4N2. The highest BCUT2D eigenvalue weighted by molar-refractivity contribution is 5.37. The van der Waals surface area contributed by atoms with E-state index in [1.807, 2.05) is 0 Å². The zero-order chi connectivity index (χ0) is 13.9. The maximum absolute atomic E-state index is 13.3. The molecule has 0 saturated carbocycles. The van der Waals surface area contributed by atoms with Gasteiger partial charge in [0.25, 0.3) is 0 Å². The summed E-state index contributed by atoms with van der Waals surface area (Å²) >= 11 is 0. The fourth-order valence-corrected chi connectivity index (χ4v) is 1.56. The van der Waals surface area contributed by atoms with Gasteiger partial charge >= 0.3 is 6.18 Å². The molecule has 0 saturated heterocycles. The second-order valence-corrected chi connectivity index (χ2v) is 3.89. The quantitative estimate of drug-likeness (QED) is 0.857. The van der Waals surface area contributed by atoms with Crippen molar-refractivity contribution in [1.29, 1.82) is 0 Å². The monoisotopic (exact) mass is 270 g/mol. The Bertz CT molecular complexity index is 567. The summed E-state index contributed by atoms with van der Waals surface area (Å²) in [5.41, 5.74) is -0.326. The molecule has 0 spiro atoms. The Morgan fingerprint density at radius 1 is 1.11 bits per heavy atom. The highest BCUT2D eigenvalue weighted by Gasteiger charge is 2.30. The van der Waals surface area contributed by atoms with Crippen molar-refractivity contribution in [2.75, 3.05) is 5.32 Å². The van der Waals surface area contributed by atoms with Gasteiger partial charge in [0.2, 0.25) is 0 Å². The number of halogens is 4. The van der Waals surface area contributed by atoms with Gasteiger partial charge in [-0.05, 0) is 29.8 Å². The molecule has 2 nitrogen and oxygen atoms in total. The molecule has 0 atom stereocenters. The summed E-state index contributed by atoms with van der Waals surface area (Å²) in [6.07, 6.45) is -2.98. The number of nitrogens with one attached hydrogen (secondary N) is 1. The van der Waals surface area contributed by atoms with Crippen molar-refractivity contribution in [3.63, 3.8) is 0 Å². The van der Waals surface area contributed by atoms with E-state index < -0.39 is 17.6 Å². The first kappa shape index (κ1) is 13.3. The Labute approximate surface area is 107 Å². The molecule has 100 valence electrons. The van der Waals surface area contributed by atoms with Gasteiger partial charge in [-0.3, -0.25) is 0 Å². The molecule has 19 heavy (non-hydrogen) atoms. The Morgan fingerprint density at radius 3 is 2.58 bits per heavy atom. The molecule has 2 rings (SSSR count). The molecular weight excluding hydrogens is 260 g/mol. The molecule has 2 aromatic rings. The van der Waals surface area contributed by atoms with E-state index in [1.165, 1.54) is 30.5 Å². The lowest BCUT2D eigenvalue weighted by Gasteiger charge is -2.10. The normalized spacial score (nSPS) is 11.4. The molecule has 1 heterocycles. The minimum Gasteiger partial charge on any atom is -0.364 e. The number of hydrogen-bond acceptors (Lipinski definition) is 2. The average Bonchev–Trinajstić information content (AvgIpc) is 2.37. The van der Waals surface area contributed by atoms with E-state index in [-0.39, 0.29) is 12.4 Å². The van der Waals surface area contributed by atoms with E-state index in [0.717, 1.165) is 12.1 Å².